The van der Waals surface area contributed by atoms with Gasteiger partial charge < -0.3 is 9.47 Å². The lowest BCUT2D eigenvalue weighted by Crippen LogP contribution is -2.23. The number of carbonyl (C=O) groups is 1. The summed E-state index contributed by atoms with van der Waals surface area (Å²) in [5.74, 6) is 0.868. The monoisotopic (exact) mass is 663 g/mol. The Morgan fingerprint density at radius 2 is 1.68 bits per heavy atom. The van der Waals surface area contributed by atoms with Crippen molar-refractivity contribution in [1.82, 2.24) is 24.4 Å². The lowest BCUT2D eigenvalue weighted by molar-refractivity contribution is -0.131. The Kier molecular flexibility index (Phi) is 7.03. The van der Waals surface area contributed by atoms with Gasteiger partial charge in [0.25, 0.3) is 5.56 Å². The molecule has 7 rings (SSSR count). The maximum Gasteiger partial charge on any atom is 0.308 e. The standard InChI is InChI=1S/C33H22BrN5O4S/c1-19(40)43-28-16-21-9-7-6-8-20(21)14-25(28)31-35-33-39(37-31)32(41)29(44-33)17-23-18-38(24-10-4-3-5-11-24)36-30(23)22-12-13-27(42-2)26(34)15-22/h3-18H,1-2H3/b29-17-. The molecule has 0 saturated heterocycles. The Morgan fingerprint density at radius 1 is 0.932 bits per heavy atom. The number of aromatic nitrogens is 5. The number of ether oxygens (including phenoxy) is 2. The van der Waals surface area contributed by atoms with Crippen LogP contribution in [-0.2, 0) is 4.79 Å². The van der Waals surface area contributed by atoms with Crippen LogP contribution in [0.1, 0.15) is 12.5 Å². The first kappa shape index (κ1) is 27.7. The molecule has 0 radical (unpaired) electrons. The molecule has 0 aliphatic rings. The van der Waals surface area contributed by atoms with E-state index in [2.05, 4.69) is 26.0 Å². The van der Waals surface area contributed by atoms with Gasteiger partial charge in [0.15, 0.2) is 5.82 Å². The van der Waals surface area contributed by atoms with Crippen molar-refractivity contribution in [2.45, 2.75) is 6.92 Å². The third kappa shape index (κ3) is 5.06. The molecule has 4 aromatic carbocycles. The average molecular weight is 665 g/mol. The van der Waals surface area contributed by atoms with Gasteiger partial charge in [-0.3, -0.25) is 9.59 Å². The first-order valence-electron chi connectivity index (χ1n) is 13.5. The van der Waals surface area contributed by atoms with Gasteiger partial charge in [-0.05, 0) is 75.2 Å². The SMILES string of the molecule is COc1ccc(-c2nn(-c3ccccc3)cc2/C=c2\sc3nc(-c4cc5ccccc5cc4OC(C)=O)nn3c2=O)cc1Br. The summed E-state index contributed by atoms with van der Waals surface area (Å²) in [6.07, 6.45) is 3.70. The van der Waals surface area contributed by atoms with Crippen molar-refractivity contribution in [3.05, 3.63) is 116 Å². The molecular weight excluding hydrogens is 642 g/mol. The van der Waals surface area contributed by atoms with Gasteiger partial charge in [0.1, 0.15) is 17.2 Å². The number of thiazole rings is 1. The zero-order valence-electron chi connectivity index (χ0n) is 23.4. The molecule has 0 unspecified atom stereocenters. The largest absolute Gasteiger partial charge is 0.496 e. The van der Waals surface area contributed by atoms with Crippen LogP contribution in [0.3, 0.4) is 0 Å². The quantitative estimate of drug-likeness (QED) is 0.157. The number of benzene rings is 4. The highest BCUT2D eigenvalue weighted by Crippen LogP contribution is 2.34. The second-order valence-corrected chi connectivity index (χ2v) is 11.8. The predicted octanol–water partition coefficient (Wildman–Crippen LogP) is 6.07. The molecule has 0 saturated carbocycles. The van der Waals surface area contributed by atoms with Gasteiger partial charge in [0, 0.05) is 24.2 Å². The van der Waals surface area contributed by atoms with Crippen LogP contribution < -0.4 is 19.6 Å². The van der Waals surface area contributed by atoms with E-state index in [1.807, 2.05) is 91.1 Å². The summed E-state index contributed by atoms with van der Waals surface area (Å²) in [5, 5.41) is 11.2. The van der Waals surface area contributed by atoms with Crippen LogP contribution >= 0.6 is 27.3 Å². The summed E-state index contributed by atoms with van der Waals surface area (Å²) < 4.78 is 15.2. The number of carbonyl (C=O) groups excluding carboxylic acids is 1. The van der Waals surface area contributed by atoms with Crippen molar-refractivity contribution < 1.29 is 14.3 Å². The Balaban J connectivity index is 1.36. The van der Waals surface area contributed by atoms with E-state index < -0.39 is 5.97 Å². The van der Waals surface area contributed by atoms with Crippen LogP contribution in [0.25, 0.3) is 50.1 Å². The van der Waals surface area contributed by atoms with E-state index in [0.717, 1.165) is 32.1 Å². The molecular formula is C33H22BrN5O4S. The zero-order valence-corrected chi connectivity index (χ0v) is 25.8. The lowest BCUT2D eigenvalue weighted by atomic mass is 10.1. The van der Waals surface area contributed by atoms with Gasteiger partial charge in [-0.1, -0.05) is 53.8 Å². The summed E-state index contributed by atoms with van der Waals surface area (Å²) in [6.45, 7) is 1.34. The van der Waals surface area contributed by atoms with Crippen LogP contribution in [0.4, 0.5) is 0 Å². The third-order valence-electron chi connectivity index (χ3n) is 7.00. The molecule has 216 valence electrons. The van der Waals surface area contributed by atoms with Gasteiger partial charge >= 0.3 is 5.97 Å². The average Bonchev–Trinajstić information content (AvgIpc) is 3.72. The van der Waals surface area contributed by atoms with Crippen LogP contribution in [0.2, 0.25) is 0 Å². The smallest absolute Gasteiger partial charge is 0.308 e. The number of rotatable bonds is 6. The van der Waals surface area contributed by atoms with Crippen molar-refractivity contribution in [2.75, 3.05) is 7.11 Å². The summed E-state index contributed by atoms with van der Waals surface area (Å²) >= 11 is 4.79. The number of esters is 1. The van der Waals surface area contributed by atoms with E-state index in [-0.39, 0.29) is 5.56 Å². The molecule has 7 aromatic rings. The van der Waals surface area contributed by atoms with Gasteiger partial charge in [0.05, 0.1) is 27.4 Å². The lowest BCUT2D eigenvalue weighted by Gasteiger charge is -2.08. The number of hydrogen-bond acceptors (Lipinski definition) is 8. The number of halogens is 1. The Labute approximate surface area is 262 Å². The Morgan fingerprint density at radius 3 is 2.39 bits per heavy atom. The van der Waals surface area contributed by atoms with E-state index >= 15 is 0 Å². The summed E-state index contributed by atoms with van der Waals surface area (Å²) in [4.78, 5) is 30.6. The van der Waals surface area contributed by atoms with Crippen LogP contribution in [0, 0.1) is 0 Å². The Bertz CT molecular complexity index is 2330. The second-order valence-electron chi connectivity index (χ2n) is 9.90. The summed E-state index contributed by atoms with van der Waals surface area (Å²) in [6, 6.07) is 26.9. The van der Waals surface area contributed by atoms with Crippen LogP contribution in [-0.4, -0.2) is 37.5 Å². The van der Waals surface area contributed by atoms with Crippen LogP contribution in [0.5, 0.6) is 11.5 Å². The first-order chi connectivity index (χ1) is 21.4. The number of para-hydroxylation sites is 1. The zero-order chi connectivity index (χ0) is 30.4. The molecule has 3 aromatic heterocycles. The molecule has 11 heteroatoms. The number of nitrogens with zero attached hydrogens (tertiary/aromatic N) is 5. The predicted molar refractivity (Wildman–Crippen MR) is 173 cm³/mol. The first-order valence-corrected chi connectivity index (χ1v) is 15.1. The molecule has 9 nitrogen and oxygen atoms in total. The van der Waals surface area contributed by atoms with E-state index in [1.165, 1.54) is 22.8 Å². The van der Waals surface area contributed by atoms with Crippen LogP contribution in [0.15, 0.2) is 100 Å². The van der Waals surface area contributed by atoms with Gasteiger partial charge in [-0.2, -0.15) is 14.6 Å². The van der Waals surface area contributed by atoms with E-state index in [1.54, 1.807) is 17.9 Å². The maximum atomic E-state index is 13.6. The minimum Gasteiger partial charge on any atom is -0.496 e. The van der Waals surface area contributed by atoms with E-state index in [4.69, 9.17) is 14.6 Å². The van der Waals surface area contributed by atoms with Crippen molar-refractivity contribution in [3.8, 4) is 39.8 Å². The van der Waals surface area contributed by atoms with E-state index in [0.29, 0.717) is 38.1 Å². The normalized spacial score (nSPS) is 11.8. The van der Waals surface area contributed by atoms with Gasteiger partial charge in [-0.25, -0.2) is 4.68 Å². The molecule has 0 aliphatic heterocycles. The fourth-order valence-corrected chi connectivity index (χ4v) is 6.41. The molecule has 0 amide bonds. The number of hydrogen-bond donors (Lipinski definition) is 0. The molecule has 0 N–H and O–H groups in total. The Hall–Kier alpha value is -5.13. The number of fused-ring (bicyclic) bond motifs is 2. The topological polar surface area (TPSA) is 101 Å². The molecule has 44 heavy (non-hydrogen) atoms. The number of methoxy groups -OCH3 is 1. The maximum absolute atomic E-state index is 13.6. The van der Waals surface area contributed by atoms with Crippen molar-refractivity contribution in [2.24, 2.45) is 0 Å². The minimum absolute atomic E-state index is 0.294. The van der Waals surface area contributed by atoms with Crippen molar-refractivity contribution in [1.29, 1.82) is 0 Å². The summed E-state index contributed by atoms with van der Waals surface area (Å²) in [7, 11) is 1.61. The van der Waals surface area contributed by atoms with Gasteiger partial charge in [-0.15, -0.1) is 5.10 Å². The van der Waals surface area contributed by atoms with Crippen molar-refractivity contribution in [3.63, 3.8) is 0 Å². The van der Waals surface area contributed by atoms with Gasteiger partial charge in [0.2, 0.25) is 4.96 Å². The highest BCUT2D eigenvalue weighted by atomic mass is 79.9. The molecule has 0 atom stereocenters. The minimum atomic E-state index is -0.459. The fourth-order valence-electron chi connectivity index (χ4n) is 4.97. The summed E-state index contributed by atoms with van der Waals surface area (Å²) in [5.41, 5.74) is 3.39. The highest BCUT2D eigenvalue weighted by Gasteiger charge is 2.19. The highest BCUT2D eigenvalue weighted by molar-refractivity contribution is 9.10. The van der Waals surface area contributed by atoms with Crippen molar-refractivity contribution >= 4 is 55.0 Å². The molecule has 3 heterocycles. The molecule has 0 aliphatic carbocycles. The molecule has 0 spiro atoms. The molecule has 0 fully saturated rings. The third-order valence-corrected chi connectivity index (χ3v) is 8.58. The fraction of sp³-hybridized carbons (Fsp3) is 0.0606. The van der Waals surface area contributed by atoms with E-state index in [9.17, 15) is 9.59 Å². The second kappa shape index (κ2) is 11.2. The molecule has 0 bridgehead atoms.